The van der Waals surface area contributed by atoms with Gasteiger partial charge in [0.15, 0.2) is 0 Å². The van der Waals surface area contributed by atoms with Gasteiger partial charge in [0.1, 0.15) is 0 Å². The minimum absolute atomic E-state index is 0.0156. The number of rotatable bonds is 2. The molecule has 86 valence electrons. The van der Waals surface area contributed by atoms with Gasteiger partial charge in [-0.2, -0.15) is 0 Å². The SMILES string of the molecule is CCOC(=O)NC(=O)C1CCCC(C)C1. The normalized spacial score (nSPS) is 25.7. The van der Waals surface area contributed by atoms with Crippen molar-refractivity contribution in [2.24, 2.45) is 11.8 Å². The Labute approximate surface area is 90.4 Å². The Balaban J connectivity index is 2.35. The lowest BCUT2D eigenvalue weighted by Gasteiger charge is -2.25. The molecule has 1 saturated carbocycles. The maximum atomic E-state index is 11.6. The lowest BCUT2D eigenvalue weighted by Crippen LogP contribution is -2.37. The summed E-state index contributed by atoms with van der Waals surface area (Å²) in [5.41, 5.74) is 0. The predicted molar refractivity (Wildman–Crippen MR) is 56.3 cm³/mol. The maximum Gasteiger partial charge on any atom is 0.413 e. The molecular weight excluding hydrogens is 194 g/mol. The third-order valence-corrected chi connectivity index (χ3v) is 2.81. The molecule has 4 nitrogen and oxygen atoms in total. The summed E-state index contributed by atoms with van der Waals surface area (Å²) >= 11 is 0. The van der Waals surface area contributed by atoms with E-state index in [4.69, 9.17) is 0 Å². The van der Waals surface area contributed by atoms with E-state index in [1.807, 2.05) is 0 Å². The van der Waals surface area contributed by atoms with Gasteiger partial charge in [0, 0.05) is 5.92 Å². The van der Waals surface area contributed by atoms with E-state index >= 15 is 0 Å². The van der Waals surface area contributed by atoms with Gasteiger partial charge >= 0.3 is 6.09 Å². The quantitative estimate of drug-likeness (QED) is 0.764. The average Bonchev–Trinajstić information content (AvgIpc) is 2.18. The number of amides is 2. The second-order valence-corrected chi connectivity index (χ2v) is 4.18. The van der Waals surface area contributed by atoms with Gasteiger partial charge in [0.05, 0.1) is 6.61 Å². The molecule has 4 heteroatoms. The molecule has 0 aromatic carbocycles. The van der Waals surface area contributed by atoms with E-state index in [2.05, 4.69) is 17.0 Å². The van der Waals surface area contributed by atoms with E-state index in [1.165, 1.54) is 6.42 Å². The van der Waals surface area contributed by atoms with Crippen molar-refractivity contribution in [2.45, 2.75) is 39.5 Å². The van der Waals surface area contributed by atoms with Gasteiger partial charge < -0.3 is 4.74 Å². The molecule has 0 aromatic heterocycles. The second kappa shape index (κ2) is 5.73. The van der Waals surface area contributed by atoms with Crippen LogP contribution < -0.4 is 5.32 Å². The predicted octanol–water partition coefficient (Wildman–Crippen LogP) is 2.09. The third kappa shape index (κ3) is 3.90. The summed E-state index contributed by atoms with van der Waals surface area (Å²) in [6.45, 7) is 4.15. The van der Waals surface area contributed by atoms with E-state index in [0.29, 0.717) is 12.5 Å². The van der Waals surface area contributed by atoms with E-state index < -0.39 is 6.09 Å². The lowest BCUT2D eigenvalue weighted by molar-refractivity contribution is -0.125. The molecule has 1 rings (SSSR count). The standard InChI is InChI=1S/C11H19NO3/c1-3-15-11(14)12-10(13)9-6-4-5-8(2)7-9/h8-9H,3-7H2,1-2H3,(H,12,13,14). The molecule has 15 heavy (non-hydrogen) atoms. The number of hydrogen-bond acceptors (Lipinski definition) is 3. The molecule has 1 N–H and O–H groups in total. The van der Waals surface area contributed by atoms with Gasteiger partial charge in [-0.05, 0) is 25.7 Å². The Kier molecular flexibility index (Phi) is 4.59. The van der Waals surface area contributed by atoms with Gasteiger partial charge in [-0.1, -0.05) is 19.8 Å². The van der Waals surface area contributed by atoms with Gasteiger partial charge in [0.25, 0.3) is 0 Å². The van der Waals surface area contributed by atoms with E-state index in [-0.39, 0.29) is 11.8 Å². The first kappa shape index (κ1) is 12.0. The first-order chi connectivity index (χ1) is 7.13. The maximum absolute atomic E-state index is 11.6. The zero-order chi connectivity index (χ0) is 11.3. The molecule has 2 amide bonds. The minimum Gasteiger partial charge on any atom is -0.450 e. The Hall–Kier alpha value is -1.06. The summed E-state index contributed by atoms with van der Waals surface area (Å²) < 4.78 is 4.66. The molecule has 0 radical (unpaired) electrons. The van der Waals surface area contributed by atoms with Crippen LogP contribution in [-0.2, 0) is 9.53 Å². The molecule has 0 bridgehead atoms. The highest BCUT2D eigenvalue weighted by molar-refractivity contribution is 5.93. The molecule has 0 heterocycles. The molecule has 0 saturated heterocycles. The minimum atomic E-state index is -0.624. The van der Waals surface area contributed by atoms with Gasteiger partial charge in [0.2, 0.25) is 5.91 Å². The zero-order valence-electron chi connectivity index (χ0n) is 9.41. The van der Waals surface area contributed by atoms with E-state index in [0.717, 1.165) is 19.3 Å². The Morgan fingerprint density at radius 1 is 1.40 bits per heavy atom. The number of hydrogen-bond donors (Lipinski definition) is 1. The molecule has 0 spiro atoms. The Morgan fingerprint density at radius 3 is 2.73 bits per heavy atom. The van der Waals surface area contributed by atoms with Crippen LogP contribution in [0.3, 0.4) is 0 Å². The topological polar surface area (TPSA) is 55.4 Å². The smallest absolute Gasteiger partial charge is 0.413 e. The molecule has 0 aromatic rings. The van der Waals surface area contributed by atoms with E-state index in [1.54, 1.807) is 6.92 Å². The van der Waals surface area contributed by atoms with Crippen LogP contribution in [0.15, 0.2) is 0 Å². The first-order valence-corrected chi connectivity index (χ1v) is 5.61. The van der Waals surface area contributed by atoms with Crippen molar-refractivity contribution in [1.82, 2.24) is 5.32 Å². The van der Waals surface area contributed by atoms with Gasteiger partial charge in [-0.15, -0.1) is 0 Å². The van der Waals surface area contributed by atoms with Crippen LogP contribution in [0.25, 0.3) is 0 Å². The number of ether oxygens (including phenoxy) is 1. The molecule has 2 unspecified atom stereocenters. The van der Waals surface area contributed by atoms with Crippen molar-refractivity contribution in [3.8, 4) is 0 Å². The van der Waals surface area contributed by atoms with Gasteiger partial charge in [-0.3, -0.25) is 10.1 Å². The van der Waals surface area contributed by atoms with Crippen molar-refractivity contribution < 1.29 is 14.3 Å². The van der Waals surface area contributed by atoms with E-state index in [9.17, 15) is 9.59 Å². The number of alkyl carbamates (subject to hydrolysis) is 1. The monoisotopic (exact) mass is 213 g/mol. The molecular formula is C11H19NO3. The number of carbonyl (C=O) groups excluding carboxylic acids is 2. The molecule has 1 aliphatic rings. The van der Waals surface area contributed by atoms with Crippen molar-refractivity contribution in [3.63, 3.8) is 0 Å². The van der Waals surface area contributed by atoms with Crippen LogP contribution in [0.5, 0.6) is 0 Å². The highest BCUT2D eigenvalue weighted by Crippen LogP contribution is 2.28. The fraction of sp³-hybridized carbons (Fsp3) is 0.818. The van der Waals surface area contributed by atoms with Crippen LogP contribution in [0.4, 0.5) is 4.79 Å². The van der Waals surface area contributed by atoms with Crippen LogP contribution in [0, 0.1) is 11.8 Å². The van der Waals surface area contributed by atoms with Crippen molar-refractivity contribution in [3.05, 3.63) is 0 Å². The Morgan fingerprint density at radius 2 is 2.13 bits per heavy atom. The van der Waals surface area contributed by atoms with Crippen LogP contribution in [-0.4, -0.2) is 18.6 Å². The molecule has 0 aliphatic heterocycles. The average molecular weight is 213 g/mol. The highest BCUT2D eigenvalue weighted by atomic mass is 16.5. The fourth-order valence-electron chi connectivity index (χ4n) is 2.04. The zero-order valence-corrected chi connectivity index (χ0v) is 9.41. The van der Waals surface area contributed by atoms with Crippen molar-refractivity contribution in [1.29, 1.82) is 0 Å². The van der Waals surface area contributed by atoms with Crippen LogP contribution in [0.2, 0.25) is 0 Å². The number of nitrogens with one attached hydrogen (secondary N) is 1. The summed E-state index contributed by atoms with van der Waals surface area (Å²) in [6, 6.07) is 0. The number of carbonyl (C=O) groups is 2. The van der Waals surface area contributed by atoms with Crippen molar-refractivity contribution in [2.75, 3.05) is 6.61 Å². The van der Waals surface area contributed by atoms with Crippen LogP contribution >= 0.6 is 0 Å². The summed E-state index contributed by atoms with van der Waals surface area (Å²) in [6.07, 6.45) is 3.40. The van der Waals surface area contributed by atoms with Gasteiger partial charge in [-0.25, -0.2) is 4.79 Å². The largest absolute Gasteiger partial charge is 0.450 e. The third-order valence-electron chi connectivity index (χ3n) is 2.81. The highest BCUT2D eigenvalue weighted by Gasteiger charge is 2.26. The Bertz CT molecular complexity index is 240. The fourth-order valence-corrected chi connectivity index (χ4v) is 2.04. The first-order valence-electron chi connectivity index (χ1n) is 5.61. The summed E-state index contributed by atoms with van der Waals surface area (Å²) in [7, 11) is 0. The van der Waals surface area contributed by atoms with Crippen LogP contribution in [0.1, 0.15) is 39.5 Å². The number of imide groups is 1. The molecule has 1 fully saturated rings. The summed E-state index contributed by atoms with van der Waals surface area (Å²) in [4.78, 5) is 22.6. The van der Waals surface area contributed by atoms with Crippen molar-refractivity contribution >= 4 is 12.0 Å². The molecule has 1 aliphatic carbocycles. The summed E-state index contributed by atoms with van der Waals surface area (Å²) in [5, 5.41) is 2.27. The summed E-state index contributed by atoms with van der Waals surface area (Å²) in [5.74, 6) is 0.384. The lowest BCUT2D eigenvalue weighted by atomic mass is 9.82. The molecule has 2 atom stereocenters. The second-order valence-electron chi connectivity index (χ2n) is 4.18.